The number of carboxylic acids is 1. The van der Waals surface area contributed by atoms with E-state index in [0.29, 0.717) is 17.6 Å². The maximum atomic E-state index is 11.6. The molecule has 5 heteroatoms. The van der Waals surface area contributed by atoms with Gasteiger partial charge in [-0.3, -0.25) is 4.79 Å². The van der Waals surface area contributed by atoms with Crippen molar-refractivity contribution in [3.63, 3.8) is 0 Å². The number of aliphatic carboxylic acids is 1. The molecule has 0 saturated carbocycles. The van der Waals surface area contributed by atoms with E-state index in [1.807, 2.05) is 14.1 Å². The van der Waals surface area contributed by atoms with Crippen LogP contribution in [-0.4, -0.2) is 61.0 Å². The fourth-order valence-electron chi connectivity index (χ4n) is 1.76. The summed E-state index contributed by atoms with van der Waals surface area (Å²) >= 11 is 0. The third kappa shape index (κ3) is 3.20. The quantitative estimate of drug-likeness (QED) is 0.410. The lowest BCUT2D eigenvalue weighted by atomic mass is 10.3. The summed E-state index contributed by atoms with van der Waals surface area (Å²) in [6.07, 6.45) is 1.00. The Labute approximate surface area is 89.9 Å². The fraction of sp³-hybridized carbons (Fsp3) is 0.800. The zero-order valence-corrected chi connectivity index (χ0v) is 9.52. The highest BCUT2D eigenvalue weighted by Gasteiger charge is 2.41. The van der Waals surface area contributed by atoms with Crippen molar-refractivity contribution in [2.45, 2.75) is 19.4 Å². The standard InChI is InChI=1S/C10H18N2O3/c1-4-5-12(2,3)7-9(13)11-6-8(11)10(14)15/h8H,4-7H2,1-3H3. The lowest BCUT2D eigenvalue weighted by Gasteiger charge is -2.28. The Bertz CT molecular complexity index is 276. The molecule has 15 heavy (non-hydrogen) atoms. The van der Waals surface area contributed by atoms with Gasteiger partial charge in [0.1, 0.15) is 0 Å². The Morgan fingerprint density at radius 2 is 2.07 bits per heavy atom. The average Bonchev–Trinajstić information content (AvgIpc) is 2.80. The van der Waals surface area contributed by atoms with Crippen LogP contribution < -0.4 is 5.11 Å². The summed E-state index contributed by atoms with van der Waals surface area (Å²) in [5.41, 5.74) is 0. The van der Waals surface area contributed by atoms with Crippen molar-refractivity contribution in [1.29, 1.82) is 0 Å². The summed E-state index contributed by atoms with van der Waals surface area (Å²) in [5.74, 6) is -1.24. The number of rotatable bonds is 5. The monoisotopic (exact) mass is 214 g/mol. The summed E-state index contributed by atoms with van der Waals surface area (Å²) in [7, 11) is 3.94. The molecule has 1 rings (SSSR count). The Morgan fingerprint density at radius 1 is 1.47 bits per heavy atom. The molecule has 1 saturated heterocycles. The van der Waals surface area contributed by atoms with E-state index in [4.69, 9.17) is 0 Å². The second-order valence-electron chi connectivity index (χ2n) is 4.70. The molecule has 0 aromatic carbocycles. The van der Waals surface area contributed by atoms with Crippen molar-refractivity contribution in [1.82, 2.24) is 4.90 Å². The predicted octanol–water partition coefficient (Wildman–Crippen LogP) is -1.57. The van der Waals surface area contributed by atoms with Crippen LogP contribution in [-0.2, 0) is 9.59 Å². The molecule has 1 atom stereocenters. The zero-order chi connectivity index (χ0) is 11.6. The summed E-state index contributed by atoms with van der Waals surface area (Å²) in [6.45, 7) is 3.65. The Balaban J connectivity index is 2.41. The number of carbonyl (C=O) groups excluding carboxylic acids is 2. The molecule has 1 heterocycles. The van der Waals surface area contributed by atoms with Gasteiger partial charge in [0.15, 0.2) is 6.54 Å². The Kier molecular flexibility index (Phi) is 3.34. The number of carbonyl (C=O) groups is 2. The molecule has 1 aliphatic rings. The second-order valence-corrected chi connectivity index (χ2v) is 4.70. The van der Waals surface area contributed by atoms with Gasteiger partial charge < -0.3 is 19.3 Å². The fourth-order valence-corrected chi connectivity index (χ4v) is 1.76. The van der Waals surface area contributed by atoms with Crippen LogP contribution in [0.3, 0.4) is 0 Å². The molecule has 0 aromatic heterocycles. The van der Waals surface area contributed by atoms with Gasteiger partial charge in [-0.1, -0.05) is 6.92 Å². The molecule has 0 spiro atoms. The highest BCUT2D eigenvalue weighted by molar-refractivity contribution is 5.88. The van der Waals surface area contributed by atoms with Crippen molar-refractivity contribution in [2.24, 2.45) is 0 Å². The Hall–Kier alpha value is -1.10. The SMILES string of the molecule is CCC[N+](C)(C)CC(=O)N1CC1C(=O)[O-]. The number of hydrogen-bond donors (Lipinski definition) is 0. The minimum atomic E-state index is -1.15. The number of amides is 1. The third-order valence-electron chi connectivity index (χ3n) is 2.60. The van der Waals surface area contributed by atoms with Crippen LogP contribution in [0.25, 0.3) is 0 Å². The van der Waals surface area contributed by atoms with Crippen molar-refractivity contribution >= 4 is 11.9 Å². The molecule has 1 fully saturated rings. The lowest BCUT2D eigenvalue weighted by molar-refractivity contribution is -0.882. The van der Waals surface area contributed by atoms with Gasteiger partial charge in [0, 0.05) is 6.54 Å². The van der Waals surface area contributed by atoms with Crippen LogP contribution in [0, 0.1) is 0 Å². The number of quaternary nitrogens is 1. The van der Waals surface area contributed by atoms with Crippen molar-refractivity contribution in [3.8, 4) is 0 Å². The highest BCUT2D eigenvalue weighted by atomic mass is 16.4. The lowest BCUT2D eigenvalue weighted by Crippen LogP contribution is -2.46. The molecule has 1 amide bonds. The van der Waals surface area contributed by atoms with E-state index in [2.05, 4.69) is 6.92 Å². The molecule has 0 radical (unpaired) electrons. The molecule has 0 aromatic rings. The van der Waals surface area contributed by atoms with Crippen molar-refractivity contribution < 1.29 is 19.2 Å². The van der Waals surface area contributed by atoms with Crippen molar-refractivity contribution in [3.05, 3.63) is 0 Å². The first-order valence-electron chi connectivity index (χ1n) is 5.19. The summed E-state index contributed by atoms with van der Waals surface area (Å²) in [4.78, 5) is 23.4. The van der Waals surface area contributed by atoms with Crippen LogP contribution in [0.1, 0.15) is 13.3 Å². The normalized spacial score (nSPS) is 20.2. The van der Waals surface area contributed by atoms with Crippen LogP contribution in [0.5, 0.6) is 0 Å². The molecule has 1 aliphatic heterocycles. The smallest absolute Gasteiger partial charge is 0.278 e. The molecular formula is C10H18N2O3. The first-order chi connectivity index (χ1) is 6.87. The van der Waals surface area contributed by atoms with Gasteiger partial charge in [-0.25, -0.2) is 0 Å². The van der Waals surface area contributed by atoms with Gasteiger partial charge in [0.25, 0.3) is 5.91 Å². The zero-order valence-electron chi connectivity index (χ0n) is 9.52. The molecule has 1 unspecified atom stereocenters. The van der Waals surface area contributed by atoms with E-state index in [1.165, 1.54) is 4.90 Å². The molecule has 86 valence electrons. The van der Waals surface area contributed by atoms with Gasteiger partial charge in [0.05, 0.1) is 32.7 Å². The number of nitrogens with zero attached hydrogens (tertiary/aromatic N) is 2. The maximum Gasteiger partial charge on any atom is 0.278 e. The first-order valence-corrected chi connectivity index (χ1v) is 5.19. The van der Waals surface area contributed by atoms with Gasteiger partial charge in [-0.15, -0.1) is 0 Å². The topological polar surface area (TPSA) is 60.2 Å². The highest BCUT2D eigenvalue weighted by Crippen LogP contribution is 2.17. The van der Waals surface area contributed by atoms with Crippen LogP contribution in [0.2, 0.25) is 0 Å². The average molecular weight is 214 g/mol. The van der Waals surface area contributed by atoms with Gasteiger partial charge >= 0.3 is 0 Å². The van der Waals surface area contributed by atoms with E-state index >= 15 is 0 Å². The van der Waals surface area contributed by atoms with Gasteiger partial charge in [-0.2, -0.15) is 0 Å². The predicted molar refractivity (Wildman–Crippen MR) is 52.6 cm³/mol. The molecular weight excluding hydrogens is 196 g/mol. The summed E-state index contributed by atoms with van der Waals surface area (Å²) in [6, 6.07) is -0.681. The minimum Gasteiger partial charge on any atom is -0.548 e. The molecule has 0 bridgehead atoms. The maximum absolute atomic E-state index is 11.6. The Morgan fingerprint density at radius 3 is 2.47 bits per heavy atom. The number of carboxylic acid groups (broad SMARTS) is 1. The van der Waals surface area contributed by atoms with Crippen LogP contribution >= 0.6 is 0 Å². The molecule has 5 nitrogen and oxygen atoms in total. The summed E-state index contributed by atoms with van der Waals surface area (Å²) < 4.78 is 0.603. The van der Waals surface area contributed by atoms with Gasteiger partial charge in [-0.05, 0) is 6.42 Å². The first kappa shape index (κ1) is 12.0. The van der Waals surface area contributed by atoms with E-state index in [9.17, 15) is 14.7 Å². The number of hydrogen-bond acceptors (Lipinski definition) is 3. The second kappa shape index (κ2) is 4.18. The van der Waals surface area contributed by atoms with E-state index < -0.39 is 12.0 Å². The third-order valence-corrected chi connectivity index (χ3v) is 2.60. The van der Waals surface area contributed by atoms with Crippen LogP contribution in [0.15, 0.2) is 0 Å². The van der Waals surface area contributed by atoms with Gasteiger partial charge in [0.2, 0.25) is 0 Å². The minimum absolute atomic E-state index is 0.0948. The largest absolute Gasteiger partial charge is 0.548 e. The molecule has 0 aliphatic carbocycles. The van der Waals surface area contributed by atoms with Crippen LogP contribution in [0.4, 0.5) is 0 Å². The van der Waals surface area contributed by atoms with Crippen molar-refractivity contribution in [2.75, 3.05) is 33.7 Å². The van der Waals surface area contributed by atoms with E-state index in [-0.39, 0.29) is 5.91 Å². The molecule has 0 N–H and O–H groups in total. The van der Waals surface area contributed by atoms with E-state index in [0.717, 1.165) is 13.0 Å². The number of likely N-dealkylation sites (N-methyl/N-ethyl adjacent to an activating group) is 1. The van der Waals surface area contributed by atoms with E-state index in [1.54, 1.807) is 0 Å². The summed E-state index contributed by atoms with van der Waals surface area (Å²) in [5, 5.41) is 10.5.